The number of nitrogen functional groups attached to an aromatic ring is 1. The van der Waals surface area contributed by atoms with E-state index < -0.39 is 17.4 Å². The van der Waals surface area contributed by atoms with Gasteiger partial charge in [-0.25, -0.2) is 13.8 Å². The Balaban J connectivity index is 2.24. The number of pyridine rings is 1. The van der Waals surface area contributed by atoms with E-state index in [0.29, 0.717) is 5.56 Å². The minimum Gasteiger partial charge on any atom is -0.384 e. The van der Waals surface area contributed by atoms with Crippen molar-refractivity contribution in [2.24, 2.45) is 0 Å². The average molecular weight is 248 g/mol. The Kier molecular flexibility index (Phi) is 3.32. The molecule has 0 amide bonds. The molecular formula is C13H10F2N2O. The first-order valence-electron chi connectivity index (χ1n) is 5.25. The first kappa shape index (κ1) is 12.2. The molecule has 18 heavy (non-hydrogen) atoms. The summed E-state index contributed by atoms with van der Waals surface area (Å²) in [4.78, 5) is 15.6. The maximum Gasteiger partial charge on any atom is 0.170 e. The van der Waals surface area contributed by atoms with E-state index in [2.05, 4.69) is 4.98 Å². The summed E-state index contributed by atoms with van der Waals surface area (Å²) >= 11 is 0. The minimum absolute atomic E-state index is 0.0485. The fraction of sp³-hybridized carbons (Fsp3) is 0.0769. The van der Waals surface area contributed by atoms with Gasteiger partial charge in [0, 0.05) is 12.6 Å². The van der Waals surface area contributed by atoms with Crippen molar-refractivity contribution in [3.8, 4) is 0 Å². The van der Waals surface area contributed by atoms with Gasteiger partial charge in [-0.3, -0.25) is 4.79 Å². The number of hydrogen-bond donors (Lipinski definition) is 1. The van der Waals surface area contributed by atoms with Gasteiger partial charge >= 0.3 is 0 Å². The molecule has 0 unspecified atom stereocenters. The van der Waals surface area contributed by atoms with Gasteiger partial charge in [0.2, 0.25) is 0 Å². The molecule has 92 valence electrons. The summed E-state index contributed by atoms with van der Waals surface area (Å²) in [6.45, 7) is 0. The Morgan fingerprint density at radius 3 is 2.72 bits per heavy atom. The number of carbonyl (C=O) groups excluding carboxylic acids is 1. The lowest BCUT2D eigenvalue weighted by Crippen LogP contribution is -2.07. The third-order valence-corrected chi connectivity index (χ3v) is 2.44. The second-order valence-electron chi connectivity index (χ2n) is 3.81. The lowest BCUT2D eigenvalue weighted by atomic mass is 10.0. The van der Waals surface area contributed by atoms with Crippen molar-refractivity contribution in [1.82, 2.24) is 4.98 Å². The molecule has 5 heteroatoms. The highest BCUT2D eigenvalue weighted by molar-refractivity contribution is 5.97. The molecular weight excluding hydrogens is 238 g/mol. The quantitative estimate of drug-likeness (QED) is 0.848. The monoisotopic (exact) mass is 248 g/mol. The molecule has 3 nitrogen and oxygen atoms in total. The van der Waals surface area contributed by atoms with E-state index in [0.717, 1.165) is 18.2 Å². The third kappa shape index (κ3) is 2.68. The van der Waals surface area contributed by atoms with E-state index in [-0.39, 0.29) is 17.8 Å². The van der Waals surface area contributed by atoms with Crippen LogP contribution in [0.15, 0.2) is 36.5 Å². The van der Waals surface area contributed by atoms with Gasteiger partial charge in [-0.2, -0.15) is 0 Å². The van der Waals surface area contributed by atoms with Crippen LogP contribution < -0.4 is 5.73 Å². The zero-order valence-corrected chi connectivity index (χ0v) is 9.36. The highest BCUT2D eigenvalue weighted by Gasteiger charge is 2.13. The topological polar surface area (TPSA) is 56.0 Å². The minimum atomic E-state index is -0.733. The van der Waals surface area contributed by atoms with E-state index in [1.807, 2.05) is 0 Å². The number of nitrogens with two attached hydrogens (primary N) is 1. The van der Waals surface area contributed by atoms with Gasteiger partial charge in [0.1, 0.15) is 17.5 Å². The molecule has 2 N–H and O–H groups in total. The van der Waals surface area contributed by atoms with Crippen LogP contribution >= 0.6 is 0 Å². The Bertz CT molecular complexity index is 599. The van der Waals surface area contributed by atoms with Crippen molar-refractivity contribution in [2.45, 2.75) is 6.42 Å². The molecule has 0 radical (unpaired) electrons. The first-order valence-corrected chi connectivity index (χ1v) is 5.25. The molecule has 1 aromatic carbocycles. The SMILES string of the molecule is Nc1cc(CC(=O)c2cc(F)ccc2F)ccn1. The average Bonchev–Trinajstić information content (AvgIpc) is 2.32. The highest BCUT2D eigenvalue weighted by atomic mass is 19.1. The molecule has 0 saturated carbocycles. The Morgan fingerprint density at radius 1 is 1.22 bits per heavy atom. The van der Waals surface area contributed by atoms with Gasteiger partial charge in [0.15, 0.2) is 5.78 Å². The number of halogens is 2. The molecule has 1 aromatic heterocycles. The third-order valence-electron chi connectivity index (χ3n) is 2.44. The molecule has 2 aromatic rings. The van der Waals surface area contributed by atoms with Gasteiger partial charge in [-0.1, -0.05) is 0 Å². The van der Waals surface area contributed by atoms with E-state index in [1.165, 1.54) is 12.3 Å². The van der Waals surface area contributed by atoms with Gasteiger partial charge < -0.3 is 5.73 Å². The highest BCUT2D eigenvalue weighted by Crippen LogP contribution is 2.14. The summed E-state index contributed by atoms with van der Waals surface area (Å²) in [5, 5.41) is 0. The number of rotatable bonds is 3. The summed E-state index contributed by atoms with van der Waals surface area (Å²) in [5.74, 6) is -1.60. The molecule has 1 heterocycles. The van der Waals surface area contributed by atoms with Crippen LogP contribution in [-0.4, -0.2) is 10.8 Å². The molecule has 0 atom stereocenters. The number of hydrogen-bond acceptors (Lipinski definition) is 3. The molecule has 0 aliphatic heterocycles. The molecule has 0 saturated heterocycles. The summed E-state index contributed by atoms with van der Waals surface area (Å²) < 4.78 is 26.3. The Labute approximate surface area is 102 Å². The number of carbonyl (C=O) groups is 1. The zero-order valence-electron chi connectivity index (χ0n) is 9.36. The smallest absolute Gasteiger partial charge is 0.170 e. The lowest BCUT2D eigenvalue weighted by molar-refractivity contribution is 0.0988. The van der Waals surface area contributed by atoms with Crippen LogP contribution in [0, 0.1) is 11.6 Å². The van der Waals surface area contributed by atoms with Crippen LogP contribution in [0.4, 0.5) is 14.6 Å². The molecule has 2 rings (SSSR count). The van der Waals surface area contributed by atoms with Gasteiger partial charge in [0.25, 0.3) is 0 Å². The first-order chi connectivity index (χ1) is 8.56. The predicted molar refractivity (Wildman–Crippen MR) is 63.0 cm³/mol. The van der Waals surface area contributed by atoms with Crippen molar-refractivity contribution in [3.05, 3.63) is 59.3 Å². The fourth-order valence-corrected chi connectivity index (χ4v) is 1.60. The van der Waals surface area contributed by atoms with Gasteiger partial charge in [0.05, 0.1) is 5.56 Å². The second-order valence-corrected chi connectivity index (χ2v) is 3.81. The number of Topliss-reactive ketones (excluding diaryl/α,β-unsaturated/α-hetero) is 1. The van der Waals surface area contributed by atoms with Crippen molar-refractivity contribution in [1.29, 1.82) is 0 Å². The summed E-state index contributed by atoms with van der Waals surface area (Å²) in [6.07, 6.45) is 1.41. The van der Waals surface area contributed by atoms with E-state index in [4.69, 9.17) is 5.73 Å². The zero-order chi connectivity index (χ0) is 13.1. The Hall–Kier alpha value is -2.30. The molecule has 0 aliphatic rings. The summed E-state index contributed by atoms with van der Waals surface area (Å²) in [6, 6.07) is 5.92. The normalized spacial score (nSPS) is 10.3. The van der Waals surface area contributed by atoms with Gasteiger partial charge in [-0.05, 0) is 35.9 Å². The lowest BCUT2D eigenvalue weighted by Gasteiger charge is -2.03. The standard InChI is InChI=1S/C13H10F2N2O/c14-9-1-2-11(15)10(7-9)12(18)5-8-3-4-17-13(16)6-8/h1-4,6-7H,5H2,(H2,16,17). The molecule has 0 bridgehead atoms. The van der Waals surface area contributed by atoms with Crippen molar-refractivity contribution in [2.75, 3.05) is 5.73 Å². The number of anilines is 1. The van der Waals surface area contributed by atoms with E-state index in [9.17, 15) is 13.6 Å². The number of aromatic nitrogens is 1. The van der Waals surface area contributed by atoms with Crippen LogP contribution in [-0.2, 0) is 6.42 Å². The number of nitrogens with zero attached hydrogens (tertiary/aromatic N) is 1. The second kappa shape index (κ2) is 4.91. The van der Waals surface area contributed by atoms with E-state index in [1.54, 1.807) is 6.07 Å². The molecule has 0 fully saturated rings. The number of ketones is 1. The fourth-order valence-electron chi connectivity index (χ4n) is 1.60. The van der Waals surface area contributed by atoms with Crippen LogP contribution in [0.5, 0.6) is 0 Å². The van der Waals surface area contributed by atoms with Gasteiger partial charge in [-0.15, -0.1) is 0 Å². The van der Waals surface area contributed by atoms with E-state index >= 15 is 0 Å². The molecule has 0 aliphatic carbocycles. The van der Waals surface area contributed by atoms with Crippen molar-refractivity contribution in [3.63, 3.8) is 0 Å². The van der Waals surface area contributed by atoms with Crippen molar-refractivity contribution >= 4 is 11.6 Å². The summed E-state index contributed by atoms with van der Waals surface area (Å²) in [5.41, 5.74) is 5.82. The number of benzene rings is 1. The van der Waals surface area contributed by atoms with Crippen molar-refractivity contribution < 1.29 is 13.6 Å². The van der Waals surface area contributed by atoms with Crippen LogP contribution in [0.2, 0.25) is 0 Å². The maximum atomic E-state index is 13.4. The predicted octanol–water partition coefficient (Wildman–Crippen LogP) is 2.37. The van der Waals surface area contributed by atoms with Crippen LogP contribution in [0.3, 0.4) is 0 Å². The summed E-state index contributed by atoms with van der Waals surface area (Å²) in [7, 11) is 0. The van der Waals surface area contributed by atoms with Crippen LogP contribution in [0.1, 0.15) is 15.9 Å². The largest absolute Gasteiger partial charge is 0.384 e. The van der Waals surface area contributed by atoms with Crippen LogP contribution in [0.25, 0.3) is 0 Å². The Morgan fingerprint density at radius 2 is 2.00 bits per heavy atom. The molecule has 0 spiro atoms. The maximum absolute atomic E-state index is 13.4.